The van der Waals surface area contributed by atoms with Crippen molar-refractivity contribution in [3.05, 3.63) is 11.8 Å². The first kappa shape index (κ1) is 14.1. The van der Waals surface area contributed by atoms with Crippen LogP contribution in [0.15, 0.2) is 6.20 Å². The van der Waals surface area contributed by atoms with Crippen LogP contribution in [-0.4, -0.2) is 47.7 Å². The number of aryl methyl sites for hydroxylation is 1. The fourth-order valence-electron chi connectivity index (χ4n) is 2.17. The molecule has 1 aliphatic rings. The Morgan fingerprint density at radius 3 is 2.89 bits per heavy atom. The number of aromatic nitrogens is 2. The molecule has 0 amide bonds. The minimum Gasteiger partial charge on any atom is -0.476 e. The first-order valence-electron chi connectivity index (χ1n) is 7.22. The van der Waals surface area contributed by atoms with Crippen LogP contribution >= 0.6 is 0 Å². The summed E-state index contributed by atoms with van der Waals surface area (Å²) >= 11 is 0. The van der Waals surface area contributed by atoms with E-state index in [-0.39, 0.29) is 0 Å². The van der Waals surface area contributed by atoms with Gasteiger partial charge in [0, 0.05) is 24.8 Å². The molecule has 0 atom stereocenters. The van der Waals surface area contributed by atoms with Gasteiger partial charge in [0.2, 0.25) is 11.8 Å². The minimum atomic E-state index is 0.656. The fourth-order valence-corrected chi connectivity index (χ4v) is 2.17. The summed E-state index contributed by atoms with van der Waals surface area (Å²) in [6.07, 6.45) is 5.51. The van der Waals surface area contributed by atoms with E-state index in [9.17, 15) is 0 Å². The summed E-state index contributed by atoms with van der Waals surface area (Å²) in [7, 11) is 0. The Balaban J connectivity index is 1.83. The number of ether oxygens (including phenoxy) is 1. The first-order valence-corrected chi connectivity index (χ1v) is 7.22. The van der Waals surface area contributed by atoms with E-state index in [2.05, 4.69) is 27.1 Å². The molecule has 1 aromatic heterocycles. The number of rotatable bonds is 7. The standard InChI is InChI=1S/C14H24N4O/c1-3-6-15-14-16-11-12(2)13(17-14)19-10-9-18-7-4-5-8-18/h11H,3-10H2,1-2H3,(H,15,16,17). The Bertz CT molecular complexity index is 391. The van der Waals surface area contributed by atoms with Crippen LogP contribution in [-0.2, 0) is 0 Å². The van der Waals surface area contributed by atoms with Crippen LogP contribution < -0.4 is 10.1 Å². The number of hydrogen-bond donors (Lipinski definition) is 1. The molecule has 0 aromatic carbocycles. The molecular weight excluding hydrogens is 240 g/mol. The van der Waals surface area contributed by atoms with Crippen LogP contribution in [0.3, 0.4) is 0 Å². The highest BCUT2D eigenvalue weighted by Gasteiger charge is 2.11. The van der Waals surface area contributed by atoms with Gasteiger partial charge in [0.05, 0.1) is 0 Å². The van der Waals surface area contributed by atoms with Gasteiger partial charge in [0.25, 0.3) is 0 Å². The maximum absolute atomic E-state index is 5.79. The lowest BCUT2D eigenvalue weighted by molar-refractivity contribution is 0.231. The Morgan fingerprint density at radius 1 is 1.37 bits per heavy atom. The second-order valence-corrected chi connectivity index (χ2v) is 5.01. The summed E-state index contributed by atoms with van der Waals surface area (Å²) in [4.78, 5) is 11.1. The molecule has 0 bridgehead atoms. The van der Waals surface area contributed by atoms with Crippen molar-refractivity contribution in [2.75, 3.05) is 38.1 Å². The van der Waals surface area contributed by atoms with Crippen molar-refractivity contribution in [1.29, 1.82) is 0 Å². The zero-order valence-electron chi connectivity index (χ0n) is 12.0. The second kappa shape index (κ2) is 7.28. The second-order valence-electron chi connectivity index (χ2n) is 5.01. The molecule has 2 heterocycles. The van der Waals surface area contributed by atoms with Crippen LogP contribution in [0.5, 0.6) is 5.88 Å². The van der Waals surface area contributed by atoms with Gasteiger partial charge < -0.3 is 10.1 Å². The van der Waals surface area contributed by atoms with Crippen LogP contribution in [0.1, 0.15) is 31.7 Å². The third kappa shape index (κ3) is 4.35. The first-order chi connectivity index (χ1) is 9.29. The quantitative estimate of drug-likeness (QED) is 0.817. The zero-order valence-corrected chi connectivity index (χ0v) is 12.0. The van der Waals surface area contributed by atoms with Crippen molar-refractivity contribution in [3.8, 4) is 5.88 Å². The highest BCUT2D eigenvalue weighted by atomic mass is 16.5. The number of nitrogens with one attached hydrogen (secondary N) is 1. The molecule has 0 unspecified atom stereocenters. The monoisotopic (exact) mass is 264 g/mol. The summed E-state index contributed by atoms with van der Waals surface area (Å²) in [5.41, 5.74) is 0.989. The van der Waals surface area contributed by atoms with E-state index in [0.717, 1.165) is 25.1 Å². The van der Waals surface area contributed by atoms with Gasteiger partial charge in [-0.1, -0.05) is 6.92 Å². The zero-order chi connectivity index (χ0) is 13.5. The number of anilines is 1. The predicted molar refractivity (Wildman–Crippen MR) is 76.7 cm³/mol. The topological polar surface area (TPSA) is 50.3 Å². The predicted octanol–water partition coefficient (Wildman–Crippen LogP) is 2.08. The Kier molecular flexibility index (Phi) is 5.39. The third-order valence-electron chi connectivity index (χ3n) is 3.30. The molecule has 19 heavy (non-hydrogen) atoms. The molecule has 1 N–H and O–H groups in total. The number of likely N-dealkylation sites (tertiary alicyclic amines) is 1. The Morgan fingerprint density at radius 2 is 2.16 bits per heavy atom. The summed E-state index contributed by atoms with van der Waals surface area (Å²) in [5.74, 6) is 1.36. The van der Waals surface area contributed by atoms with E-state index in [0.29, 0.717) is 18.4 Å². The smallest absolute Gasteiger partial charge is 0.225 e. The molecule has 1 fully saturated rings. The normalized spacial score (nSPS) is 15.7. The summed E-state index contributed by atoms with van der Waals surface area (Å²) in [5, 5.41) is 3.18. The average Bonchev–Trinajstić information content (AvgIpc) is 2.92. The van der Waals surface area contributed by atoms with Crippen LogP contribution in [0.25, 0.3) is 0 Å². The van der Waals surface area contributed by atoms with E-state index >= 15 is 0 Å². The lowest BCUT2D eigenvalue weighted by Gasteiger charge is -2.15. The van der Waals surface area contributed by atoms with Crippen molar-refractivity contribution >= 4 is 5.95 Å². The Labute approximate surface area is 115 Å². The van der Waals surface area contributed by atoms with Crippen molar-refractivity contribution in [1.82, 2.24) is 14.9 Å². The number of nitrogens with zero attached hydrogens (tertiary/aromatic N) is 3. The largest absolute Gasteiger partial charge is 0.476 e. The molecule has 0 radical (unpaired) electrons. The molecule has 0 saturated carbocycles. The van der Waals surface area contributed by atoms with Gasteiger partial charge >= 0.3 is 0 Å². The van der Waals surface area contributed by atoms with Gasteiger partial charge in [-0.25, -0.2) is 4.98 Å². The molecule has 5 heteroatoms. The van der Waals surface area contributed by atoms with Crippen molar-refractivity contribution in [2.45, 2.75) is 33.1 Å². The van der Waals surface area contributed by atoms with Gasteiger partial charge in [-0.2, -0.15) is 4.98 Å². The van der Waals surface area contributed by atoms with E-state index in [1.54, 1.807) is 0 Å². The summed E-state index contributed by atoms with van der Waals surface area (Å²) in [6, 6.07) is 0. The van der Waals surface area contributed by atoms with Crippen LogP contribution in [0.4, 0.5) is 5.95 Å². The van der Waals surface area contributed by atoms with Crippen molar-refractivity contribution in [3.63, 3.8) is 0 Å². The van der Waals surface area contributed by atoms with Gasteiger partial charge in [0.15, 0.2) is 0 Å². The average molecular weight is 264 g/mol. The highest BCUT2D eigenvalue weighted by molar-refractivity contribution is 5.32. The SMILES string of the molecule is CCCNc1ncc(C)c(OCCN2CCCC2)n1. The molecule has 2 rings (SSSR count). The maximum Gasteiger partial charge on any atom is 0.225 e. The minimum absolute atomic E-state index is 0.656. The van der Waals surface area contributed by atoms with Gasteiger partial charge in [-0.3, -0.25) is 4.90 Å². The summed E-state index contributed by atoms with van der Waals surface area (Å²) in [6.45, 7) is 9.08. The van der Waals surface area contributed by atoms with Crippen molar-refractivity contribution < 1.29 is 4.74 Å². The molecule has 1 aromatic rings. The molecule has 0 aliphatic carbocycles. The number of hydrogen-bond acceptors (Lipinski definition) is 5. The Hall–Kier alpha value is -1.36. The third-order valence-corrected chi connectivity index (χ3v) is 3.30. The molecule has 1 saturated heterocycles. The van der Waals surface area contributed by atoms with E-state index in [1.165, 1.54) is 25.9 Å². The van der Waals surface area contributed by atoms with Crippen LogP contribution in [0.2, 0.25) is 0 Å². The molecule has 5 nitrogen and oxygen atoms in total. The molecule has 0 spiro atoms. The highest BCUT2D eigenvalue weighted by Crippen LogP contribution is 2.15. The van der Waals surface area contributed by atoms with Crippen molar-refractivity contribution in [2.24, 2.45) is 0 Å². The van der Waals surface area contributed by atoms with Gasteiger partial charge in [-0.05, 0) is 39.3 Å². The van der Waals surface area contributed by atoms with Crippen LogP contribution in [0, 0.1) is 6.92 Å². The van der Waals surface area contributed by atoms with Gasteiger partial charge in [0.1, 0.15) is 6.61 Å². The molecule has 106 valence electrons. The van der Waals surface area contributed by atoms with E-state index in [4.69, 9.17) is 4.74 Å². The maximum atomic E-state index is 5.79. The molecular formula is C14H24N4O. The molecule has 1 aliphatic heterocycles. The lowest BCUT2D eigenvalue weighted by atomic mass is 10.4. The summed E-state index contributed by atoms with van der Waals surface area (Å²) < 4.78 is 5.79. The van der Waals surface area contributed by atoms with Gasteiger partial charge in [-0.15, -0.1) is 0 Å². The lowest BCUT2D eigenvalue weighted by Crippen LogP contribution is -2.25. The van der Waals surface area contributed by atoms with E-state index in [1.807, 2.05) is 13.1 Å². The van der Waals surface area contributed by atoms with E-state index < -0.39 is 0 Å². The fraction of sp³-hybridized carbons (Fsp3) is 0.714.